The smallest absolute Gasteiger partial charge is 0.256 e. The van der Waals surface area contributed by atoms with Gasteiger partial charge in [-0.1, -0.05) is 0 Å². The number of carbonyl (C=O) groups is 1. The predicted molar refractivity (Wildman–Crippen MR) is 110 cm³/mol. The van der Waals surface area contributed by atoms with Gasteiger partial charge in [0, 0.05) is 42.7 Å². The van der Waals surface area contributed by atoms with Crippen molar-refractivity contribution < 1.29 is 9.53 Å². The van der Waals surface area contributed by atoms with Gasteiger partial charge in [0.05, 0.1) is 7.11 Å². The molecular weight excluding hydrogens is 380 g/mol. The predicted octanol–water partition coefficient (Wildman–Crippen LogP) is 2.37. The lowest BCUT2D eigenvalue weighted by Gasteiger charge is -2.17. The van der Waals surface area contributed by atoms with E-state index < -0.39 is 0 Å². The van der Waals surface area contributed by atoms with Crippen LogP contribution in [0.2, 0.25) is 0 Å². The van der Waals surface area contributed by atoms with Crippen molar-refractivity contribution in [2.24, 2.45) is 0 Å². The highest BCUT2D eigenvalue weighted by Gasteiger charge is 2.25. The first-order valence-electron chi connectivity index (χ1n) is 10.4. The Balaban J connectivity index is 1.32. The molecule has 0 saturated heterocycles. The summed E-state index contributed by atoms with van der Waals surface area (Å²) in [6, 6.07) is 5.89. The lowest BCUT2D eigenvalue weighted by molar-refractivity contribution is 0.0929. The Bertz CT molecular complexity index is 1080. The van der Waals surface area contributed by atoms with Crippen molar-refractivity contribution >= 4 is 5.91 Å². The summed E-state index contributed by atoms with van der Waals surface area (Å²) >= 11 is 0. The quantitative estimate of drug-likeness (QED) is 0.717. The number of aromatic nitrogens is 5. The molecule has 8 nitrogen and oxygen atoms in total. The van der Waals surface area contributed by atoms with E-state index in [2.05, 4.69) is 30.0 Å². The Morgan fingerprint density at radius 3 is 2.87 bits per heavy atom. The molecule has 1 atom stereocenters. The summed E-state index contributed by atoms with van der Waals surface area (Å²) < 4.78 is 7.56. The highest BCUT2D eigenvalue weighted by molar-refractivity contribution is 5.96. The zero-order valence-electron chi connectivity index (χ0n) is 17.0. The lowest BCUT2D eigenvalue weighted by atomic mass is 10.1. The van der Waals surface area contributed by atoms with E-state index in [1.54, 1.807) is 19.5 Å². The molecule has 30 heavy (non-hydrogen) atoms. The summed E-state index contributed by atoms with van der Waals surface area (Å²) in [6.45, 7) is 0.754. The van der Waals surface area contributed by atoms with Gasteiger partial charge in [-0.25, -0.2) is 4.98 Å². The van der Waals surface area contributed by atoms with Crippen LogP contribution in [0.25, 0.3) is 11.4 Å². The maximum absolute atomic E-state index is 13.0. The standard InChI is InChI=1S/C22H24N6O2/c1-30-22-17(13-15-3-2-4-18(15)25-22)21(29)24-16-5-6-19-26-27-20(28(19)12-9-16)14-7-10-23-11-8-14/h7-8,10-11,13,16H,2-6,9,12H2,1H3,(H,24,29). The van der Waals surface area contributed by atoms with Crippen LogP contribution in [0, 0.1) is 0 Å². The molecule has 3 aromatic rings. The van der Waals surface area contributed by atoms with E-state index in [4.69, 9.17) is 4.74 Å². The number of methoxy groups -OCH3 is 1. The molecule has 1 aliphatic carbocycles. The average Bonchev–Trinajstić information content (AvgIpc) is 3.36. The molecule has 3 aromatic heterocycles. The second kappa shape index (κ2) is 7.85. The number of nitrogens with one attached hydrogen (secondary N) is 1. The maximum Gasteiger partial charge on any atom is 0.256 e. The summed E-state index contributed by atoms with van der Waals surface area (Å²) in [7, 11) is 1.57. The van der Waals surface area contributed by atoms with Crippen molar-refractivity contribution in [3.05, 3.63) is 53.2 Å². The summed E-state index contributed by atoms with van der Waals surface area (Å²) in [5, 5.41) is 11.9. The second-order valence-electron chi connectivity index (χ2n) is 7.83. The summed E-state index contributed by atoms with van der Waals surface area (Å²) in [5.41, 5.74) is 3.74. The first-order valence-corrected chi connectivity index (χ1v) is 10.4. The van der Waals surface area contributed by atoms with Crippen molar-refractivity contribution in [3.8, 4) is 17.3 Å². The Hall–Kier alpha value is -3.29. The number of carbonyl (C=O) groups excluding carboxylic acids is 1. The van der Waals surface area contributed by atoms with Crippen molar-refractivity contribution in [1.29, 1.82) is 0 Å². The number of ether oxygens (including phenoxy) is 1. The minimum absolute atomic E-state index is 0.0578. The number of amides is 1. The third kappa shape index (κ3) is 3.42. The molecule has 0 saturated carbocycles. The van der Waals surface area contributed by atoms with Crippen molar-refractivity contribution in [2.45, 2.75) is 51.1 Å². The van der Waals surface area contributed by atoms with Crippen molar-refractivity contribution in [1.82, 2.24) is 30.0 Å². The SMILES string of the molecule is COc1nc2c(cc1C(=O)NC1CCc3nnc(-c4ccncc4)n3CC1)CCC2. The van der Waals surface area contributed by atoms with E-state index in [-0.39, 0.29) is 11.9 Å². The fraction of sp³-hybridized carbons (Fsp3) is 0.409. The minimum Gasteiger partial charge on any atom is -0.480 e. The highest BCUT2D eigenvalue weighted by Crippen LogP contribution is 2.27. The molecule has 4 heterocycles. The van der Waals surface area contributed by atoms with Crippen LogP contribution in [0.4, 0.5) is 0 Å². The number of fused-ring (bicyclic) bond motifs is 2. The Labute approximate surface area is 174 Å². The zero-order chi connectivity index (χ0) is 20.5. The molecule has 0 bridgehead atoms. The van der Waals surface area contributed by atoms with Gasteiger partial charge in [0.2, 0.25) is 5.88 Å². The van der Waals surface area contributed by atoms with E-state index in [0.717, 1.165) is 73.5 Å². The van der Waals surface area contributed by atoms with Gasteiger partial charge in [-0.15, -0.1) is 10.2 Å². The van der Waals surface area contributed by atoms with Gasteiger partial charge in [-0.2, -0.15) is 0 Å². The fourth-order valence-corrected chi connectivity index (χ4v) is 4.38. The highest BCUT2D eigenvalue weighted by atomic mass is 16.5. The summed E-state index contributed by atoms with van der Waals surface area (Å²) in [4.78, 5) is 21.7. The van der Waals surface area contributed by atoms with Crippen LogP contribution < -0.4 is 10.1 Å². The molecular formula is C22H24N6O2. The topological polar surface area (TPSA) is 94.8 Å². The second-order valence-corrected chi connectivity index (χ2v) is 7.83. The van der Waals surface area contributed by atoms with E-state index in [1.165, 1.54) is 0 Å². The van der Waals surface area contributed by atoms with Gasteiger partial charge >= 0.3 is 0 Å². The third-order valence-electron chi connectivity index (χ3n) is 5.97. The average molecular weight is 404 g/mol. The van der Waals surface area contributed by atoms with Gasteiger partial charge in [-0.3, -0.25) is 9.78 Å². The molecule has 1 N–H and O–H groups in total. The Kier molecular flexibility index (Phi) is 4.90. The molecule has 0 spiro atoms. The molecule has 5 rings (SSSR count). The van der Waals surface area contributed by atoms with Crippen LogP contribution in [-0.2, 0) is 25.8 Å². The number of rotatable bonds is 4. The van der Waals surface area contributed by atoms with Gasteiger partial charge in [0.1, 0.15) is 11.4 Å². The molecule has 1 amide bonds. The summed E-state index contributed by atoms with van der Waals surface area (Å²) in [5.74, 6) is 2.10. The fourth-order valence-electron chi connectivity index (χ4n) is 4.38. The number of aryl methyl sites for hydroxylation is 3. The van der Waals surface area contributed by atoms with E-state index in [1.807, 2.05) is 18.2 Å². The zero-order valence-corrected chi connectivity index (χ0v) is 17.0. The molecule has 1 unspecified atom stereocenters. The van der Waals surface area contributed by atoms with Crippen molar-refractivity contribution in [2.75, 3.05) is 7.11 Å². The monoisotopic (exact) mass is 404 g/mol. The third-order valence-corrected chi connectivity index (χ3v) is 5.97. The number of hydrogen-bond donors (Lipinski definition) is 1. The van der Waals surface area contributed by atoms with Crippen LogP contribution in [0.3, 0.4) is 0 Å². The van der Waals surface area contributed by atoms with Crippen molar-refractivity contribution in [3.63, 3.8) is 0 Å². The molecule has 0 fully saturated rings. The van der Waals surface area contributed by atoms with Gasteiger partial charge in [0.15, 0.2) is 5.82 Å². The maximum atomic E-state index is 13.0. The van der Waals surface area contributed by atoms with Gasteiger partial charge in [0.25, 0.3) is 5.91 Å². The molecule has 0 radical (unpaired) electrons. The van der Waals surface area contributed by atoms with Crippen LogP contribution in [0.5, 0.6) is 5.88 Å². The minimum atomic E-state index is -0.119. The number of hydrogen-bond acceptors (Lipinski definition) is 6. The van der Waals surface area contributed by atoms with Crippen LogP contribution in [-0.4, -0.2) is 43.8 Å². The molecule has 1 aliphatic heterocycles. The van der Waals surface area contributed by atoms with Crippen LogP contribution >= 0.6 is 0 Å². The van der Waals surface area contributed by atoms with Gasteiger partial charge < -0.3 is 14.6 Å². The largest absolute Gasteiger partial charge is 0.480 e. The lowest BCUT2D eigenvalue weighted by Crippen LogP contribution is -2.35. The Morgan fingerprint density at radius 1 is 1.17 bits per heavy atom. The molecule has 0 aromatic carbocycles. The molecule has 2 aliphatic rings. The number of pyridine rings is 2. The normalized spacial score (nSPS) is 17.7. The van der Waals surface area contributed by atoms with Crippen LogP contribution in [0.1, 0.15) is 46.7 Å². The van der Waals surface area contributed by atoms with E-state index in [0.29, 0.717) is 11.4 Å². The molecule has 154 valence electrons. The van der Waals surface area contributed by atoms with E-state index >= 15 is 0 Å². The first-order chi connectivity index (χ1) is 14.7. The van der Waals surface area contributed by atoms with E-state index in [9.17, 15) is 4.79 Å². The Morgan fingerprint density at radius 2 is 2.03 bits per heavy atom. The first kappa shape index (κ1) is 18.7. The molecule has 8 heteroatoms. The number of nitrogens with zero attached hydrogens (tertiary/aromatic N) is 5. The summed E-state index contributed by atoms with van der Waals surface area (Å²) in [6.07, 6.45) is 8.93. The van der Waals surface area contributed by atoms with Crippen LogP contribution in [0.15, 0.2) is 30.6 Å². The van der Waals surface area contributed by atoms with Gasteiger partial charge in [-0.05, 0) is 55.9 Å².